The Labute approximate surface area is 125 Å². The second-order valence-electron chi connectivity index (χ2n) is 6.15. The Morgan fingerprint density at radius 3 is 2.53 bits per heavy atom. The number of halogens is 1. The van der Waals surface area contributed by atoms with E-state index in [9.17, 15) is 0 Å². The monoisotopic (exact) mass is 324 g/mol. The van der Waals surface area contributed by atoms with E-state index in [0.29, 0.717) is 11.3 Å². The van der Waals surface area contributed by atoms with Gasteiger partial charge in [0, 0.05) is 17.7 Å². The van der Waals surface area contributed by atoms with Gasteiger partial charge in [-0.2, -0.15) is 0 Å². The summed E-state index contributed by atoms with van der Waals surface area (Å²) >= 11 is 3.63. The number of hydrogen-bond donors (Lipinski definition) is 0. The van der Waals surface area contributed by atoms with Crippen molar-refractivity contribution in [2.45, 2.75) is 51.9 Å². The summed E-state index contributed by atoms with van der Waals surface area (Å²) in [6, 6.07) is 6.87. The Hall–Kier alpha value is -0.340. The standard InChI is InChI=1S/C17H25BrO/c1-4-17(7-9-19-10-8-17)16-6-5-15(18)12-14(16)11-13(2)3/h5-6,12-13H,4,7-11H2,1-3H3. The van der Waals surface area contributed by atoms with Gasteiger partial charge in [0.2, 0.25) is 0 Å². The molecule has 0 saturated carbocycles. The molecule has 0 N–H and O–H groups in total. The van der Waals surface area contributed by atoms with Crippen LogP contribution >= 0.6 is 15.9 Å². The zero-order valence-electron chi connectivity index (χ0n) is 12.3. The lowest BCUT2D eigenvalue weighted by Crippen LogP contribution is -2.34. The molecule has 1 fully saturated rings. The molecule has 1 aromatic carbocycles. The van der Waals surface area contributed by atoms with E-state index in [-0.39, 0.29) is 0 Å². The third kappa shape index (κ3) is 3.41. The molecule has 1 nitrogen and oxygen atoms in total. The van der Waals surface area contributed by atoms with Gasteiger partial charge in [0.15, 0.2) is 0 Å². The molecule has 2 rings (SSSR count). The molecule has 0 radical (unpaired) electrons. The molecule has 2 heteroatoms. The normalized spacial score (nSPS) is 18.8. The van der Waals surface area contributed by atoms with Crippen LogP contribution in [0.25, 0.3) is 0 Å². The number of rotatable bonds is 4. The van der Waals surface area contributed by atoms with Crippen molar-refractivity contribution in [1.29, 1.82) is 0 Å². The first kappa shape index (κ1) is 15.1. The molecular formula is C17H25BrO. The Balaban J connectivity index is 2.40. The summed E-state index contributed by atoms with van der Waals surface area (Å²) in [7, 11) is 0. The predicted octanol–water partition coefficient (Wildman–Crippen LogP) is 5.11. The highest BCUT2D eigenvalue weighted by molar-refractivity contribution is 9.10. The molecule has 0 amide bonds. The molecule has 106 valence electrons. The summed E-state index contributed by atoms with van der Waals surface area (Å²) < 4.78 is 6.78. The van der Waals surface area contributed by atoms with Crippen molar-refractivity contribution in [3.05, 3.63) is 33.8 Å². The van der Waals surface area contributed by atoms with Gasteiger partial charge in [-0.1, -0.05) is 42.8 Å². The van der Waals surface area contributed by atoms with E-state index in [1.807, 2.05) is 0 Å². The minimum absolute atomic E-state index is 0.336. The van der Waals surface area contributed by atoms with Crippen LogP contribution in [0.1, 0.15) is 51.2 Å². The summed E-state index contributed by atoms with van der Waals surface area (Å²) in [5.74, 6) is 0.696. The predicted molar refractivity (Wildman–Crippen MR) is 84.7 cm³/mol. The van der Waals surface area contributed by atoms with Crippen LogP contribution in [0.2, 0.25) is 0 Å². The first-order valence-corrected chi connectivity index (χ1v) is 8.23. The molecule has 1 heterocycles. The second-order valence-corrected chi connectivity index (χ2v) is 7.06. The van der Waals surface area contributed by atoms with Crippen molar-refractivity contribution < 1.29 is 4.74 Å². The van der Waals surface area contributed by atoms with Crippen LogP contribution in [0.3, 0.4) is 0 Å². The number of hydrogen-bond acceptors (Lipinski definition) is 1. The Bertz CT molecular complexity index is 419. The van der Waals surface area contributed by atoms with Gasteiger partial charge in [-0.15, -0.1) is 0 Å². The summed E-state index contributed by atoms with van der Waals surface area (Å²) in [4.78, 5) is 0. The van der Waals surface area contributed by atoms with E-state index in [4.69, 9.17) is 4.74 Å². The molecule has 0 bridgehead atoms. The number of benzene rings is 1. The third-order valence-electron chi connectivity index (χ3n) is 4.39. The van der Waals surface area contributed by atoms with Crippen LogP contribution in [-0.2, 0) is 16.6 Å². The maximum Gasteiger partial charge on any atom is 0.0474 e. The molecule has 1 aliphatic heterocycles. The van der Waals surface area contributed by atoms with Gasteiger partial charge in [0.05, 0.1) is 0 Å². The average molecular weight is 325 g/mol. The van der Waals surface area contributed by atoms with Crippen molar-refractivity contribution in [2.24, 2.45) is 5.92 Å². The van der Waals surface area contributed by atoms with E-state index >= 15 is 0 Å². The van der Waals surface area contributed by atoms with E-state index in [2.05, 4.69) is 54.9 Å². The van der Waals surface area contributed by atoms with Crippen LogP contribution in [0, 0.1) is 5.92 Å². The lowest BCUT2D eigenvalue weighted by Gasteiger charge is -2.38. The van der Waals surface area contributed by atoms with Crippen molar-refractivity contribution >= 4 is 15.9 Å². The quantitative estimate of drug-likeness (QED) is 0.748. The zero-order valence-corrected chi connectivity index (χ0v) is 13.9. The molecular weight excluding hydrogens is 300 g/mol. The average Bonchev–Trinajstić information content (AvgIpc) is 2.39. The Kier molecular flexibility index (Phi) is 5.08. The smallest absolute Gasteiger partial charge is 0.0474 e. The fourth-order valence-corrected chi connectivity index (χ4v) is 3.67. The highest BCUT2D eigenvalue weighted by atomic mass is 79.9. The molecule has 0 atom stereocenters. The summed E-state index contributed by atoms with van der Waals surface area (Å²) in [5, 5.41) is 0. The molecule has 19 heavy (non-hydrogen) atoms. The van der Waals surface area contributed by atoms with Crippen LogP contribution in [-0.4, -0.2) is 13.2 Å². The lowest BCUT2D eigenvalue weighted by molar-refractivity contribution is 0.0482. The van der Waals surface area contributed by atoms with Gasteiger partial charge in [0.1, 0.15) is 0 Å². The van der Waals surface area contributed by atoms with Crippen LogP contribution < -0.4 is 0 Å². The minimum atomic E-state index is 0.336. The SMILES string of the molecule is CCC1(c2ccc(Br)cc2CC(C)C)CCOCC1. The summed E-state index contributed by atoms with van der Waals surface area (Å²) in [6.07, 6.45) is 4.70. The van der Waals surface area contributed by atoms with Crippen LogP contribution in [0.4, 0.5) is 0 Å². The summed E-state index contributed by atoms with van der Waals surface area (Å²) in [5.41, 5.74) is 3.42. The van der Waals surface area contributed by atoms with Crippen molar-refractivity contribution in [3.63, 3.8) is 0 Å². The fourth-order valence-electron chi connectivity index (χ4n) is 3.26. The molecule has 0 spiro atoms. The summed E-state index contributed by atoms with van der Waals surface area (Å²) in [6.45, 7) is 8.74. The van der Waals surface area contributed by atoms with Gasteiger partial charge in [0.25, 0.3) is 0 Å². The van der Waals surface area contributed by atoms with Crippen LogP contribution in [0.15, 0.2) is 22.7 Å². The van der Waals surface area contributed by atoms with Gasteiger partial charge in [-0.25, -0.2) is 0 Å². The van der Waals surface area contributed by atoms with E-state index in [0.717, 1.165) is 32.5 Å². The van der Waals surface area contributed by atoms with Crippen molar-refractivity contribution in [3.8, 4) is 0 Å². The minimum Gasteiger partial charge on any atom is -0.381 e. The van der Waals surface area contributed by atoms with Crippen molar-refractivity contribution in [1.82, 2.24) is 0 Å². The zero-order chi connectivity index (χ0) is 13.9. The highest BCUT2D eigenvalue weighted by Gasteiger charge is 2.34. The Morgan fingerprint density at radius 1 is 1.26 bits per heavy atom. The lowest BCUT2D eigenvalue weighted by atomic mass is 9.70. The third-order valence-corrected chi connectivity index (χ3v) is 4.89. The molecule has 1 saturated heterocycles. The topological polar surface area (TPSA) is 9.23 Å². The van der Waals surface area contributed by atoms with Gasteiger partial charge >= 0.3 is 0 Å². The maximum atomic E-state index is 5.58. The molecule has 0 aromatic heterocycles. The number of ether oxygens (including phenoxy) is 1. The fraction of sp³-hybridized carbons (Fsp3) is 0.647. The first-order valence-electron chi connectivity index (χ1n) is 7.44. The van der Waals surface area contributed by atoms with Crippen molar-refractivity contribution in [2.75, 3.05) is 13.2 Å². The Morgan fingerprint density at radius 2 is 1.95 bits per heavy atom. The molecule has 1 aromatic rings. The van der Waals surface area contributed by atoms with E-state index < -0.39 is 0 Å². The maximum absolute atomic E-state index is 5.58. The van der Waals surface area contributed by atoms with Gasteiger partial charge < -0.3 is 4.74 Å². The highest BCUT2D eigenvalue weighted by Crippen LogP contribution is 2.40. The largest absolute Gasteiger partial charge is 0.381 e. The first-order chi connectivity index (χ1) is 9.07. The van der Waals surface area contributed by atoms with Crippen LogP contribution in [0.5, 0.6) is 0 Å². The van der Waals surface area contributed by atoms with E-state index in [1.54, 1.807) is 5.56 Å². The molecule has 1 aliphatic rings. The van der Waals surface area contributed by atoms with E-state index in [1.165, 1.54) is 16.5 Å². The molecule has 0 aliphatic carbocycles. The second kappa shape index (κ2) is 6.41. The molecule has 0 unspecified atom stereocenters. The van der Waals surface area contributed by atoms with Gasteiger partial charge in [-0.05, 0) is 60.3 Å². The van der Waals surface area contributed by atoms with Gasteiger partial charge in [-0.3, -0.25) is 0 Å².